The van der Waals surface area contributed by atoms with Crippen molar-refractivity contribution in [2.45, 2.75) is 37.6 Å². The number of aromatic nitrogens is 6. The van der Waals surface area contributed by atoms with Crippen LogP contribution in [-0.2, 0) is 42.3 Å². The average Bonchev–Trinajstić information content (AvgIpc) is 3.39. The molecule has 246 valence electrons. The zero-order chi connectivity index (χ0) is 33.3. The van der Waals surface area contributed by atoms with Crippen LogP contribution in [0.2, 0.25) is 0 Å². The topological polar surface area (TPSA) is 388 Å². The van der Waals surface area contributed by atoms with Crippen molar-refractivity contribution >= 4 is 53.9 Å². The van der Waals surface area contributed by atoms with Crippen molar-refractivity contribution < 1.29 is 75.7 Å². The molecule has 0 aliphatic carbocycles. The van der Waals surface area contributed by atoms with Crippen molar-refractivity contribution in [1.29, 1.82) is 0 Å². The Morgan fingerprint density at radius 1 is 0.909 bits per heavy atom. The van der Waals surface area contributed by atoms with E-state index in [1.165, 1.54) is 17.1 Å². The first-order valence-corrected chi connectivity index (χ1v) is 17.7. The molecule has 0 spiro atoms. The third-order valence-electron chi connectivity index (χ3n) is 5.23. The molecule has 12 N–H and O–H groups in total. The van der Waals surface area contributed by atoms with E-state index < -0.39 is 68.4 Å². The number of hydrogen-bond acceptors (Lipinski definition) is 17. The van der Waals surface area contributed by atoms with E-state index >= 15 is 0 Å². The van der Waals surface area contributed by atoms with Gasteiger partial charge in [0.1, 0.15) is 41.8 Å². The fourth-order valence-electron chi connectivity index (χ4n) is 3.52. The predicted molar refractivity (Wildman–Crippen MR) is 142 cm³/mol. The minimum absolute atomic E-state index is 0.0407. The summed E-state index contributed by atoms with van der Waals surface area (Å²) in [6.45, 7) is 0.761. The van der Waals surface area contributed by atoms with E-state index in [-0.39, 0.29) is 28.4 Å². The fraction of sp³-hybridized carbons (Fsp3) is 0.438. The molecule has 0 saturated carbocycles. The van der Waals surface area contributed by atoms with E-state index in [2.05, 4.69) is 38.1 Å². The van der Waals surface area contributed by atoms with E-state index in [1.807, 2.05) is 0 Å². The molecule has 1 aliphatic heterocycles. The van der Waals surface area contributed by atoms with Gasteiger partial charge in [-0.3, -0.25) is 13.7 Å². The maximum absolute atomic E-state index is 11.5. The molecule has 0 bridgehead atoms. The lowest BCUT2D eigenvalue weighted by molar-refractivity contribution is -0.0503. The number of phosphoric acid groups is 3. The van der Waals surface area contributed by atoms with Crippen molar-refractivity contribution in [3.05, 3.63) is 30.2 Å². The predicted octanol–water partition coefficient (Wildman–Crippen LogP) is -1.58. The Balaban J connectivity index is 0.000000269. The van der Waals surface area contributed by atoms with E-state index in [0.29, 0.717) is 5.82 Å². The lowest BCUT2D eigenvalue weighted by Gasteiger charge is -2.17. The van der Waals surface area contributed by atoms with Crippen LogP contribution in [0.25, 0.3) is 11.2 Å². The van der Waals surface area contributed by atoms with Gasteiger partial charge in [-0.05, 0) is 6.92 Å². The summed E-state index contributed by atoms with van der Waals surface area (Å²) >= 11 is 0. The number of aliphatic hydroxyl groups is 2. The number of phosphoric ester groups is 1. The molecule has 3 aromatic heterocycles. The number of aliphatic hydroxyl groups excluding tert-OH is 2. The van der Waals surface area contributed by atoms with Crippen LogP contribution in [0.3, 0.4) is 0 Å². The zero-order valence-corrected chi connectivity index (χ0v) is 25.5. The molecule has 24 nitrogen and oxygen atoms in total. The summed E-state index contributed by atoms with van der Waals surface area (Å²) in [5.41, 5.74) is 11.6. The highest BCUT2D eigenvalue weighted by Gasteiger charge is 2.46. The number of nitrogen functional groups attached to an aromatic ring is 2. The van der Waals surface area contributed by atoms with Gasteiger partial charge in [0.25, 0.3) is 0 Å². The Hall–Kier alpha value is -2.33. The number of imidazole rings is 1. The summed E-state index contributed by atoms with van der Waals surface area (Å²) in [6.07, 6.45) is -2.68. The lowest BCUT2D eigenvalue weighted by Crippen LogP contribution is -2.33. The highest BCUT2D eigenvalue weighted by molar-refractivity contribution is 7.63. The summed E-state index contributed by atoms with van der Waals surface area (Å²) in [5.74, 6) is 0.415. The van der Waals surface area contributed by atoms with Crippen LogP contribution in [0.15, 0.2) is 18.9 Å². The minimum atomic E-state index is -5.29. The molecule has 28 heteroatoms. The Kier molecular flexibility index (Phi) is 11.1. The number of rotatable bonds is 10. The average molecular weight is 710 g/mol. The Labute approximate surface area is 245 Å². The largest absolute Gasteiger partial charge is 0.481 e. The van der Waals surface area contributed by atoms with Gasteiger partial charge in [0.05, 0.1) is 19.1 Å². The van der Waals surface area contributed by atoms with E-state index in [9.17, 15) is 38.3 Å². The summed E-state index contributed by atoms with van der Waals surface area (Å²) in [5, 5.41) is 20.3. The lowest BCUT2D eigenvalue weighted by atomic mass is 10.1. The van der Waals surface area contributed by atoms with Gasteiger partial charge in [0.2, 0.25) is 0 Å². The number of nitrogens with zero attached hydrogens (tertiary/aromatic N) is 6. The van der Waals surface area contributed by atoms with Gasteiger partial charge in [-0.2, -0.15) is 4.31 Å². The van der Waals surface area contributed by atoms with E-state index in [4.69, 9.17) is 35.8 Å². The smallest absolute Gasteiger partial charge is 0.387 e. The first-order valence-electron chi connectivity index (χ1n) is 11.4. The van der Waals surface area contributed by atoms with Crippen LogP contribution in [0.4, 0.5) is 11.6 Å². The summed E-state index contributed by atoms with van der Waals surface area (Å²) in [6, 6.07) is 0. The summed E-state index contributed by atoms with van der Waals surface area (Å²) < 4.78 is 62.4. The molecule has 1 saturated heterocycles. The van der Waals surface area contributed by atoms with Crippen molar-refractivity contribution in [3.63, 3.8) is 0 Å². The molecule has 0 aromatic carbocycles. The molecular formula is C16H26N8O16P4. The van der Waals surface area contributed by atoms with E-state index in [0.717, 1.165) is 6.33 Å². The van der Waals surface area contributed by atoms with Crippen LogP contribution in [0.1, 0.15) is 17.6 Å². The molecule has 44 heavy (non-hydrogen) atoms. The molecule has 4 heterocycles. The minimum Gasteiger partial charge on any atom is -0.387 e. The van der Waals surface area contributed by atoms with Crippen molar-refractivity contribution in [1.82, 2.24) is 29.5 Å². The number of nitrogens with two attached hydrogens (primary N) is 2. The normalized spacial score (nSPS) is 23.5. The van der Waals surface area contributed by atoms with Gasteiger partial charge in [-0.1, -0.05) is 0 Å². The number of anilines is 2. The van der Waals surface area contributed by atoms with Crippen molar-refractivity contribution in [2.75, 3.05) is 18.1 Å². The van der Waals surface area contributed by atoms with Crippen LogP contribution >= 0.6 is 31.1 Å². The molecule has 1 aliphatic rings. The monoisotopic (exact) mass is 710 g/mol. The van der Waals surface area contributed by atoms with Crippen LogP contribution in [0, 0.1) is 6.92 Å². The van der Waals surface area contributed by atoms with Gasteiger partial charge >= 0.3 is 31.1 Å². The molecule has 0 amide bonds. The SMILES string of the molecule is Cc1ncc(CP(=O)(O)OP(=O)(O)O)c(N)n1.Nc1ncnc2c1ncn2[C@@H]1O[C@H](COP(=O)(O)OP(=O)(O)O)[C@@H](O)[C@H]1O. The first-order chi connectivity index (χ1) is 20.1. The zero-order valence-electron chi connectivity index (χ0n) is 21.9. The maximum Gasteiger partial charge on any atom is 0.481 e. The number of aryl methyl sites for hydroxylation is 1. The van der Waals surface area contributed by atoms with Gasteiger partial charge in [0, 0.05) is 11.8 Å². The van der Waals surface area contributed by atoms with Crippen molar-refractivity contribution in [2.24, 2.45) is 0 Å². The van der Waals surface area contributed by atoms with Crippen LogP contribution < -0.4 is 11.5 Å². The molecule has 2 unspecified atom stereocenters. The Morgan fingerprint density at radius 3 is 2.14 bits per heavy atom. The van der Waals surface area contributed by atoms with Crippen LogP contribution in [0.5, 0.6) is 0 Å². The highest BCUT2D eigenvalue weighted by atomic mass is 31.3. The summed E-state index contributed by atoms with van der Waals surface area (Å²) in [7, 11) is -20.0. The second-order valence-corrected chi connectivity index (χ2v) is 14.7. The first kappa shape index (κ1) is 36.1. The second-order valence-electron chi connectivity index (χ2n) is 8.66. The highest BCUT2D eigenvalue weighted by Crippen LogP contribution is 2.59. The van der Waals surface area contributed by atoms with Gasteiger partial charge in [0.15, 0.2) is 17.7 Å². The van der Waals surface area contributed by atoms with Crippen molar-refractivity contribution in [3.8, 4) is 0 Å². The third kappa shape index (κ3) is 10.1. The Bertz CT molecular complexity index is 1680. The van der Waals surface area contributed by atoms with Gasteiger partial charge in [-0.25, -0.2) is 42.9 Å². The molecular weight excluding hydrogens is 684 g/mol. The van der Waals surface area contributed by atoms with E-state index in [1.54, 1.807) is 6.92 Å². The second kappa shape index (κ2) is 13.6. The third-order valence-corrected chi connectivity index (χ3v) is 10.00. The molecule has 6 atom stereocenters. The molecule has 1 fully saturated rings. The number of fused-ring (bicyclic) bond motifs is 1. The van der Waals surface area contributed by atoms with Gasteiger partial charge < -0.3 is 55.8 Å². The molecule has 4 rings (SSSR count). The summed E-state index contributed by atoms with van der Waals surface area (Å²) in [4.78, 5) is 71.7. The number of hydrogen-bond donors (Lipinski definition) is 10. The maximum atomic E-state index is 11.5. The van der Waals surface area contributed by atoms with Gasteiger partial charge in [-0.15, -0.1) is 0 Å². The standard InChI is InChI=1S/C10H15N5O10P2.C6H11N3O6P2/c11-8-5-9(13-2-12-8)15(3-14-5)10-7(17)6(16)4(24-10)1-23-27(21,22)25-26(18,19)20;1-4-8-2-5(6(7)9-4)3-16(10,11)15-17(12,13)14/h2-4,6-7,10,16-17H,1H2,(H,21,22)(H2,11,12,13)(H2,18,19,20);2H,3H2,1H3,(H,10,11)(H2,7,8,9)(H2,12,13,14)/t4-,6-,7-,10-;/m1./s1. The molecule has 0 radical (unpaired) electrons. The van der Waals surface area contributed by atoms with Crippen LogP contribution in [-0.4, -0.2) is 94.0 Å². The Morgan fingerprint density at radius 2 is 1.55 bits per heavy atom. The molecule has 3 aromatic rings. The fourth-order valence-corrected chi connectivity index (χ4v) is 7.36. The quantitative estimate of drug-likeness (QED) is 0.106. The number of ether oxygens (including phenoxy) is 1.